The highest BCUT2D eigenvalue weighted by Gasteiger charge is 2.03. The SMILES string of the molecule is CCCCCCCc1nc(CCl)no1. The van der Waals surface area contributed by atoms with Gasteiger partial charge in [0, 0.05) is 6.42 Å². The average molecular weight is 217 g/mol. The summed E-state index contributed by atoms with van der Waals surface area (Å²) in [5, 5.41) is 3.73. The van der Waals surface area contributed by atoms with Gasteiger partial charge >= 0.3 is 0 Å². The Labute approximate surface area is 89.8 Å². The second-order valence-electron chi connectivity index (χ2n) is 3.40. The van der Waals surface area contributed by atoms with Gasteiger partial charge in [0.05, 0.1) is 5.88 Å². The summed E-state index contributed by atoms with van der Waals surface area (Å²) in [4.78, 5) is 4.14. The van der Waals surface area contributed by atoms with E-state index in [0.29, 0.717) is 11.7 Å². The molecule has 0 unspecified atom stereocenters. The minimum Gasteiger partial charge on any atom is -0.339 e. The maximum atomic E-state index is 5.56. The molecule has 1 rings (SSSR count). The van der Waals surface area contributed by atoms with Crippen molar-refractivity contribution in [2.45, 2.75) is 51.3 Å². The molecule has 3 nitrogen and oxygen atoms in total. The Hall–Kier alpha value is -0.570. The molecule has 0 spiro atoms. The maximum Gasteiger partial charge on any atom is 0.226 e. The van der Waals surface area contributed by atoms with Gasteiger partial charge in [0.2, 0.25) is 5.89 Å². The molecule has 0 radical (unpaired) electrons. The van der Waals surface area contributed by atoms with Crippen LogP contribution < -0.4 is 0 Å². The van der Waals surface area contributed by atoms with Gasteiger partial charge in [-0.15, -0.1) is 11.6 Å². The molecule has 14 heavy (non-hydrogen) atoms. The molecular weight excluding hydrogens is 200 g/mol. The van der Waals surface area contributed by atoms with E-state index in [1.165, 1.54) is 25.7 Å². The molecule has 1 aromatic heterocycles. The largest absolute Gasteiger partial charge is 0.339 e. The highest BCUT2D eigenvalue weighted by atomic mass is 35.5. The first-order valence-corrected chi connectivity index (χ1v) is 5.77. The lowest BCUT2D eigenvalue weighted by Gasteiger charge is -1.95. The molecule has 0 bridgehead atoms. The van der Waals surface area contributed by atoms with E-state index >= 15 is 0 Å². The maximum absolute atomic E-state index is 5.56. The summed E-state index contributed by atoms with van der Waals surface area (Å²) in [5.41, 5.74) is 0. The first-order chi connectivity index (χ1) is 6.86. The zero-order valence-corrected chi connectivity index (χ0v) is 9.39. The van der Waals surface area contributed by atoms with Crippen LogP contribution in [0.5, 0.6) is 0 Å². The summed E-state index contributed by atoms with van der Waals surface area (Å²) in [7, 11) is 0. The molecule has 1 heterocycles. The predicted octanol–water partition coefficient (Wildman–Crippen LogP) is 3.32. The van der Waals surface area contributed by atoms with Gasteiger partial charge in [-0.2, -0.15) is 4.98 Å². The zero-order valence-electron chi connectivity index (χ0n) is 8.63. The Balaban J connectivity index is 2.12. The fraction of sp³-hybridized carbons (Fsp3) is 0.800. The smallest absolute Gasteiger partial charge is 0.226 e. The number of nitrogens with zero attached hydrogens (tertiary/aromatic N) is 2. The molecular formula is C10H17ClN2O. The van der Waals surface area contributed by atoms with E-state index in [1.54, 1.807) is 0 Å². The molecule has 0 atom stereocenters. The predicted molar refractivity (Wildman–Crippen MR) is 56.3 cm³/mol. The van der Waals surface area contributed by atoms with Crippen molar-refractivity contribution in [3.05, 3.63) is 11.7 Å². The average Bonchev–Trinajstić information content (AvgIpc) is 2.65. The van der Waals surface area contributed by atoms with Crippen molar-refractivity contribution in [2.75, 3.05) is 0 Å². The highest BCUT2D eigenvalue weighted by molar-refractivity contribution is 6.16. The summed E-state index contributed by atoms with van der Waals surface area (Å²) < 4.78 is 5.02. The third-order valence-corrected chi connectivity index (χ3v) is 2.36. The van der Waals surface area contributed by atoms with Crippen molar-refractivity contribution in [2.24, 2.45) is 0 Å². The molecule has 1 aromatic rings. The van der Waals surface area contributed by atoms with Crippen molar-refractivity contribution in [1.82, 2.24) is 10.1 Å². The van der Waals surface area contributed by atoms with Crippen molar-refractivity contribution in [3.63, 3.8) is 0 Å². The minimum atomic E-state index is 0.333. The third-order valence-electron chi connectivity index (χ3n) is 2.12. The first kappa shape index (κ1) is 11.5. The normalized spacial score (nSPS) is 10.7. The van der Waals surface area contributed by atoms with Gasteiger partial charge in [-0.1, -0.05) is 37.8 Å². The lowest BCUT2D eigenvalue weighted by Crippen LogP contribution is -1.87. The quantitative estimate of drug-likeness (QED) is 0.519. The second kappa shape index (κ2) is 6.82. The highest BCUT2D eigenvalue weighted by Crippen LogP contribution is 2.08. The standard InChI is InChI=1S/C10H17ClN2O/c1-2-3-4-5-6-7-10-12-9(8-11)13-14-10/h2-8H2,1H3. The van der Waals surface area contributed by atoms with Crippen molar-refractivity contribution < 1.29 is 4.52 Å². The van der Waals surface area contributed by atoms with E-state index in [9.17, 15) is 0 Å². The lowest BCUT2D eigenvalue weighted by atomic mass is 10.1. The van der Waals surface area contributed by atoms with E-state index in [0.717, 1.165) is 18.7 Å². The Morgan fingerprint density at radius 2 is 2.00 bits per heavy atom. The van der Waals surface area contributed by atoms with Crippen LogP contribution in [0.25, 0.3) is 0 Å². The molecule has 0 amide bonds. The Kier molecular flexibility index (Phi) is 5.60. The summed E-state index contributed by atoms with van der Waals surface area (Å²) in [5.74, 6) is 1.65. The van der Waals surface area contributed by atoms with Gasteiger partial charge in [0.25, 0.3) is 0 Å². The van der Waals surface area contributed by atoms with Crippen molar-refractivity contribution in [3.8, 4) is 0 Å². The molecule has 0 aliphatic carbocycles. The Morgan fingerprint density at radius 3 is 2.64 bits per heavy atom. The van der Waals surface area contributed by atoms with E-state index in [2.05, 4.69) is 17.1 Å². The van der Waals surface area contributed by atoms with Gasteiger partial charge in [-0.25, -0.2) is 0 Å². The lowest BCUT2D eigenvalue weighted by molar-refractivity contribution is 0.369. The number of aromatic nitrogens is 2. The Bertz CT molecular complexity index is 250. The van der Waals surface area contributed by atoms with Crippen LogP contribution in [-0.4, -0.2) is 10.1 Å². The van der Waals surface area contributed by atoms with Gasteiger partial charge < -0.3 is 4.52 Å². The van der Waals surface area contributed by atoms with Crippen LogP contribution in [0.3, 0.4) is 0 Å². The van der Waals surface area contributed by atoms with Crippen LogP contribution in [0, 0.1) is 0 Å². The van der Waals surface area contributed by atoms with Crippen LogP contribution in [0.4, 0.5) is 0 Å². The molecule has 0 saturated carbocycles. The molecule has 0 N–H and O–H groups in total. The number of alkyl halides is 1. The number of rotatable bonds is 7. The monoisotopic (exact) mass is 216 g/mol. The van der Waals surface area contributed by atoms with Gasteiger partial charge in [0.1, 0.15) is 0 Å². The molecule has 80 valence electrons. The fourth-order valence-corrected chi connectivity index (χ4v) is 1.43. The number of halogens is 1. The van der Waals surface area contributed by atoms with Gasteiger partial charge in [-0.3, -0.25) is 0 Å². The zero-order chi connectivity index (χ0) is 10.2. The number of unbranched alkanes of at least 4 members (excludes halogenated alkanes) is 4. The molecule has 0 fully saturated rings. The van der Waals surface area contributed by atoms with E-state index in [1.807, 2.05) is 0 Å². The molecule has 0 aliphatic rings. The Morgan fingerprint density at radius 1 is 1.21 bits per heavy atom. The van der Waals surface area contributed by atoms with Gasteiger partial charge in [0.15, 0.2) is 5.82 Å². The van der Waals surface area contributed by atoms with E-state index < -0.39 is 0 Å². The number of hydrogen-bond acceptors (Lipinski definition) is 3. The van der Waals surface area contributed by atoms with E-state index in [-0.39, 0.29) is 0 Å². The van der Waals surface area contributed by atoms with Crippen LogP contribution in [-0.2, 0) is 12.3 Å². The van der Waals surface area contributed by atoms with Crippen molar-refractivity contribution in [1.29, 1.82) is 0 Å². The van der Waals surface area contributed by atoms with Gasteiger partial charge in [-0.05, 0) is 6.42 Å². The van der Waals surface area contributed by atoms with Crippen LogP contribution in [0.1, 0.15) is 50.7 Å². The number of hydrogen-bond donors (Lipinski definition) is 0. The molecule has 4 heteroatoms. The van der Waals surface area contributed by atoms with Crippen LogP contribution in [0.2, 0.25) is 0 Å². The first-order valence-electron chi connectivity index (χ1n) is 5.24. The van der Waals surface area contributed by atoms with E-state index in [4.69, 9.17) is 16.1 Å². The number of aryl methyl sites for hydroxylation is 1. The summed E-state index contributed by atoms with van der Waals surface area (Å²) in [6.07, 6.45) is 7.14. The van der Waals surface area contributed by atoms with Crippen LogP contribution in [0.15, 0.2) is 4.52 Å². The fourth-order valence-electron chi connectivity index (χ4n) is 1.33. The summed E-state index contributed by atoms with van der Waals surface area (Å²) in [6, 6.07) is 0. The van der Waals surface area contributed by atoms with Crippen molar-refractivity contribution >= 4 is 11.6 Å². The molecule has 0 saturated heterocycles. The topological polar surface area (TPSA) is 38.9 Å². The molecule has 0 aromatic carbocycles. The third kappa shape index (κ3) is 4.09. The van der Waals surface area contributed by atoms with Crippen LogP contribution >= 0.6 is 11.6 Å². The summed E-state index contributed by atoms with van der Waals surface area (Å²) in [6.45, 7) is 2.21. The molecule has 0 aliphatic heterocycles. The summed E-state index contributed by atoms with van der Waals surface area (Å²) >= 11 is 5.56. The second-order valence-corrected chi connectivity index (χ2v) is 3.67. The minimum absolute atomic E-state index is 0.333.